The second-order valence-corrected chi connectivity index (χ2v) is 5.21. The highest BCUT2D eigenvalue weighted by Gasteiger charge is 2.18. The Balaban J connectivity index is 1.61. The van der Waals surface area contributed by atoms with Crippen LogP contribution in [0.3, 0.4) is 0 Å². The van der Waals surface area contributed by atoms with Crippen molar-refractivity contribution in [2.75, 3.05) is 0 Å². The molecule has 0 atom stereocenters. The number of hydrogen-bond donors (Lipinski definition) is 0. The lowest BCUT2D eigenvalue weighted by Gasteiger charge is -1.93. The summed E-state index contributed by atoms with van der Waals surface area (Å²) in [5.74, 6) is 0.141. The fourth-order valence-corrected chi connectivity index (χ4v) is 2.40. The van der Waals surface area contributed by atoms with E-state index in [-0.39, 0.29) is 17.3 Å². The Labute approximate surface area is 137 Å². The van der Waals surface area contributed by atoms with Gasteiger partial charge in [-0.05, 0) is 24.3 Å². The number of nitrogens with zero attached hydrogens (tertiary/aromatic N) is 2. The number of pyridine rings is 2. The Kier molecular flexibility index (Phi) is 3.51. The van der Waals surface area contributed by atoms with Crippen molar-refractivity contribution in [3.63, 3.8) is 0 Å². The first kappa shape index (κ1) is 14.1. The molecule has 0 N–H and O–H groups in total. The molecular formula is C19H12N2O3. The lowest BCUT2D eigenvalue weighted by atomic mass is 10.1. The van der Waals surface area contributed by atoms with Crippen LogP contribution in [0.2, 0.25) is 0 Å². The van der Waals surface area contributed by atoms with Crippen LogP contribution in [0.15, 0.2) is 82.5 Å². The van der Waals surface area contributed by atoms with E-state index in [0.717, 1.165) is 22.3 Å². The van der Waals surface area contributed by atoms with E-state index >= 15 is 0 Å². The Bertz CT molecular complexity index is 892. The SMILES string of the molecule is O=C(c1cc(-c2cccnc2)co1)c1cc(-c2cccnc2)co1. The maximum Gasteiger partial charge on any atom is 0.263 e. The summed E-state index contributed by atoms with van der Waals surface area (Å²) in [6.07, 6.45) is 9.89. The Hall–Kier alpha value is -3.47. The summed E-state index contributed by atoms with van der Waals surface area (Å²) in [6.45, 7) is 0. The molecule has 0 aliphatic heterocycles. The van der Waals surface area contributed by atoms with Crippen LogP contribution in [-0.4, -0.2) is 15.8 Å². The molecule has 5 nitrogen and oxygen atoms in total. The van der Waals surface area contributed by atoms with Gasteiger partial charge < -0.3 is 8.83 Å². The number of ketones is 1. The third-order valence-corrected chi connectivity index (χ3v) is 3.64. The van der Waals surface area contributed by atoms with Crippen LogP contribution in [-0.2, 0) is 0 Å². The zero-order valence-corrected chi connectivity index (χ0v) is 12.5. The lowest BCUT2D eigenvalue weighted by molar-refractivity contribution is 0.0983. The molecule has 24 heavy (non-hydrogen) atoms. The predicted molar refractivity (Wildman–Crippen MR) is 87.3 cm³/mol. The third-order valence-electron chi connectivity index (χ3n) is 3.64. The number of carbonyl (C=O) groups excluding carboxylic acids is 1. The quantitative estimate of drug-likeness (QED) is 0.527. The summed E-state index contributed by atoms with van der Waals surface area (Å²) in [6, 6.07) is 10.8. The Morgan fingerprint density at radius 2 is 1.25 bits per heavy atom. The summed E-state index contributed by atoms with van der Waals surface area (Å²) in [5, 5.41) is 0. The Morgan fingerprint density at radius 3 is 1.67 bits per heavy atom. The van der Waals surface area contributed by atoms with Crippen LogP contribution in [0.5, 0.6) is 0 Å². The average Bonchev–Trinajstić information content (AvgIpc) is 3.33. The van der Waals surface area contributed by atoms with Gasteiger partial charge in [0.1, 0.15) is 0 Å². The average molecular weight is 316 g/mol. The van der Waals surface area contributed by atoms with E-state index in [0.29, 0.717) is 0 Å². The van der Waals surface area contributed by atoms with Crippen molar-refractivity contribution in [1.82, 2.24) is 9.97 Å². The number of furan rings is 2. The molecule has 0 spiro atoms. The van der Waals surface area contributed by atoms with Gasteiger partial charge in [0.2, 0.25) is 0 Å². The minimum atomic E-state index is -0.305. The second kappa shape index (κ2) is 5.96. The molecule has 0 bridgehead atoms. The van der Waals surface area contributed by atoms with Gasteiger partial charge in [0.05, 0.1) is 12.5 Å². The van der Waals surface area contributed by atoms with Gasteiger partial charge in [0.15, 0.2) is 11.5 Å². The lowest BCUT2D eigenvalue weighted by Crippen LogP contribution is -1.96. The summed E-state index contributed by atoms with van der Waals surface area (Å²) in [4.78, 5) is 20.6. The van der Waals surface area contributed by atoms with Gasteiger partial charge in [-0.3, -0.25) is 14.8 Å². The van der Waals surface area contributed by atoms with E-state index in [9.17, 15) is 4.79 Å². The van der Waals surface area contributed by atoms with E-state index in [2.05, 4.69) is 9.97 Å². The predicted octanol–water partition coefficient (Wildman–Crippen LogP) is 4.23. The maximum absolute atomic E-state index is 12.5. The van der Waals surface area contributed by atoms with Crippen LogP contribution in [0.4, 0.5) is 0 Å². The molecule has 0 aliphatic carbocycles. The normalized spacial score (nSPS) is 10.7. The van der Waals surface area contributed by atoms with Crippen molar-refractivity contribution in [1.29, 1.82) is 0 Å². The van der Waals surface area contributed by atoms with Gasteiger partial charge >= 0.3 is 0 Å². The van der Waals surface area contributed by atoms with Crippen molar-refractivity contribution in [2.45, 2.75) is 0 Å². The van der Waals surface area contributed by atoms with Crippen LogP contribution < -0.4 is 0 Å². The van der Waals surface area contributed by atoms with Crippen LogP contribution >= 0.6 is 0 Å². The first-order valence-electron chi connectivity index (χ1n) is 7.34. The van der Waals surface area contributed by atoms with Gasteiger partial charge in [-0.2, -0.15) is 0 Å². The largest absolute Gasteiger partial charge is 0.460 e. The Morgan fingerprint density at radius 1 is 0.750 bits per heavy atom. The highest BCUT2D eigenvalue weighted by Crippen LogP contribution is 2.25. The summed E-state index contributed by atoms with van der Waals surface area (Å²) in [7, 11) is 0. The molecule has 0 aliphatic rings. The minimum absolute atomic E-state index is 0.223. The van der Waals surface area contributed by atoms with Crippen molar-refractivity contribution in [3.8, 4) is 22.3 Å². The fraction of sp³-hybridized carbons (Fsp3) is 0. The highest BCUT2D eigenvalue weighted by molar-refractivity contribution is 6.06. The second-order valence-electron chi connectivity index (χ2n) is 5.21. The summed E-state index contributed by atoms with van der Waals surface area (Å²) in [5.41, 5.74) is 3.36. The van der Waals surface area contributed by atoms with E-state index in [4.69, 9.17) is 8.83 Å². The molecule has 4 aromatic heterocycles. The molecule has 0 amide bonds. The molecule has 0 saturated heterocycles. The first-order valence-corrected chi connectivity index (χ1v) is 7.34. The van der Waals surface area contributed by atoms with Crippen LogP contribution in [0.1, 0.15) is 16.3 Å². The zero-order valence-electron chi connectivity index (χ0n) is 12.5. The number of rotatable bonds is 4. The third kappa shape index (κ3) is 2.63. The van der Waals surface area contributed by atoms with Gasteiger partial charge in [0, 0.05) is 47.0 Å². The van der Waals surface area contributed by atoms with Crippen molar-refractivity contribution in [3.05, 3.63) is 85.2 Å². The van der Waals surface area contributed by atoms with E-state index in [1.807, 2.05) is 24.3 Å². The van der Waals surface area contributed by atoms with Crippen molar-refractivity contribution >= 4 is 5.78 Å². The topological polar surface area (TPSA) is 69.1 Å². The van der Waals surface area contributed by atoms with E-state index in [1.54, 1.807) is 36.9 Å². The maximum atomic E-state index is 12.5. The zero-order chi connectivity index (χ0) is 16.4. The van der Waals surface area contributed by atoms with Gasteiger partial charge in [-0.15, -0.1) is 0 Å². The number of carbonyl (C=O) groups is 1. The molecule has 116 valence electrons. The molecule has 4 heterocycles. The number of aromatic nitrogens is 2. The molecule has 0 unspecified atom stereocenters. The van der Waals surface area contributed by atoms with Crippen LogP contribution in [0.25, 0.3) is 22.3 Å². The van der Waals surface area contributed by atoms with Gasteiger partial charge in [0.25, 0.3) is 5.78 Å². The molecule has 5 heteroatoms. The van der Waals surface area contributed by atoms with Crippen LogP contribution in [0, 0.1) is 0 Å². The van der Waals surface area contributed by atoms with E-state index in [1.165, 1.54) is 12.5 Å². The van der Waals surface area contributed by atoms with Crippen molar-refractivity contribution < 1.29 is 13.6 Å². The summed E-state index contributed by atoms with van der Waals surface area (Å²) >= 11 is 0. The van der Waals surface area contributed by atoms with Gasteiger partial charge in [-0.1, -0.05) is 12.1 Å². The fourth-order valence-electron chi connectivity index (χ4n) is 2.40. The summed E-state index contributed by atoms with van der Waals surface area (Å²) < 4.78 is 10.8. The van der Waals surface area contributed by atoms with Gasteiger partial charge in [-0.25, -0.2) is 0 Å². The van der Waals surface area contributed by atoms with E-state index < -0.39 is 0 Å². The first-order chi connectivity index (χ1) is 11.8. The standard InChI is InChI=1S/C19H12N2O3/c22-19(17-7-15(11-23-17)13-3-1-5-20-9-13)18-8-16(12-24-18)14-4-2-6-21-10-14/h1-12H. The number of hydrogen-bond acceptors (Lipinski definition) is 5. The molecule has 4 rings (SSSR count). The molecule has 0 saturated carbocycles. The molecule has 4 aromatic rings. The minimum Gasteiger partial charge on any atom is -0.460 e. The molecular weight excluding hydrogens is 304 g/mol. The highest BCUT2D eigenvalue weighted by atomic mass is 16.4. The van der Waals surface area contributed by atoms with Crippen molar-refractivity contribution in [2.24, 2.45) is 0 Å². The molecule has 0 fully saturated rings. The monoisotopic (exact) mass is 316 g/mol. The smallest absolute Gasteiger partial charge is 0.263 e. The molecule has 0 aromatic carbocycles. The molecule has 0 radical (unpaired) electrons.